The third-order valence-corrected chi connectivity index (χ3v) is 7.32. The lowest BCUT2D eigenvalue weighted by Gasteiger charge is -2.21. The first-order valence-corrected chi connectivity index (χ1v) is 11.6. The van der Waals surface area contributed by atoms with Gasteiger partial charge in [0.2, 0.25) is 0 Å². The third-order valence-electron chi connectivity index (χ3n) is 5.89. The Morgan fingerprint density at radius 1 is 1.30 bits per heavy atom. The van der Waals surface area contributed by atoms with Crippen molar-refractivity contribution in [1.82, 2.24) is 0 Å². The van der Waals surface area contributed by atoms with E-state index in [4.69, 9.17) is 9.47 Å². The van der Waals surface area contributed by atoms with Gasteiger partial charge in [-0.15, -0.1) is 0 Å². The number of unbranched alkanes of at least 4 members (excludes halogenated alkanes) is 2. The second-order valence-electron chi connectivity index (χ2n) is 7.93. The molecule has 1 aliphatic carbocycles. The van der Waals surface area contributed by atoms with E-state index in [1.165, 1.54) is 7.11 Å². The fourth-order valence-corrected chi connectivity index (χ4v) is 5.21. The predicted molar refractivity (Wildman–Crippen MR) is 114 cm³/mol. The van der Waals surface area contributed by atoms with Crippen LogP contribution < -0.4 is 0 Å². The lowest BCUT2D eigenvalue weighted by Crippen LogP contribution is -2.24. The summed E-state index contributed by atoms with van der Waals surface area (Å²) in [6.07, 6.45) is 11.3. The number of carbonyl (C=O) groups is 1. The Labute approximate surface area is 177 Å². The summed E-state index contributed by atoms with van der Waals surface area (Å²) in [4.78, 5) is 11.3. The number of alkyl halides is 1. The molecule has 2 aliphatic rings. The maximum atomic E-state index is 11.3. The van der Waals surface area contributed by atoms with E-state index in [1.54, 1.807) is 0 Å². The van der Waals surface area contributed by atoms with E-state index in [-0.39, 0.29) is 30.2 Å². The highest BCUT2D eigenvalue weighted by atomic mass is 127. The van der Waals surface area contributed by atoms with Crippen LogP contribution in [0.1, 0.15) is 64.7 Å². The average molecular weight is 494 g/mol. The Bertz CT molecular complexity index is 483. The number of rotatable bonds is 11. The van der Waals surface area contributed by atoms with Gasteiger partial charge in [-0.25, -0.2) is 0 Å². The van der Waals surface area contributed by atoms with Crippen molar-refractivity contribution in [1.29, 1.82) is 0 Å². The molecule has 6 heteroatoms. The summed E-state index contributed by atoms with van der Waals surface area (Å²) in [6, 6.07) is 0. The van der Waals surface area contributed by atoms with Gasteiger partial charge in [0.1, 0.15) is 0 Å². The first kappa shape index (κ1) is 23.1. The number of ether oxygens (including phenoxy) is 2. The van der Waals surface area contributed by atoms with E-state index in [9.17, 15) is 15.0 Å². The normalized spacial score (nSPS) is 32.6. The van der Waals surface area contributed by atoms with Gasteiger partial charge in [-0.1, -0.05) is 60.9 Å². The van der Waals surface area contributed by atoms with Crippen LogP contribution in [0.15, 0.2) is 12.2 Å². The fraction of sp³-hybridized carbons (Fsp3) is 0.857. The molecule has 1 saturated carbocycles. The first-order chi connectivity index (χ1) is 13.0. The quantitative estimate of drug-likeness (QED) is 0.150. The van der Waals surface area contributed by atoms with Gasteiger partial charge >= 0.3 is 5.97 Å². The molecule has 0 radical (unpaired) electrons. The monoisotopic (exact) mass is 494 g/mol. The zero-order chi connectivity index (χ0) is 19.8. The number of carbonyl (C=O) groups excluding carboxylic acids is 1. The molecule has 5 nitrogen and oxygen atoms in total. The highest BCUT2D eigenvalue weighted by Gasteiger charge is 2.49. The fourth-order valence-electron chi connectivity index (χ4n) is 4.31. The van der Waals surface area contributed by atoms with Gasteiger partial charge in [-0.3, -0.25) is 4.79 Å². The number of hydrogen-bond acceptors (Lipinski definition) is 5. The molecule has 1 unspecified atom stereocenters. The predicted octanol–water partition coefficient (Wildman–Crippen LogP) is 3.79. The number of aliphatic hydroxyl groups is 2. The molecule has 2 N–H and O–H groups in total. The van der Waals surface area contributed by atoms with Crippen LogP contribution in [0.4, 0.5) is 0 Å². The molecule has 2 rings (SSSR count). The molecule has 1 heterocycles. The maximum absolute atomic E-state index is 11.3. The van der Waals surface area contributed by atoms with E-state index in [1.807, 2.05) is 12.2 Å². The van der Waals surface area contributed by atoms with Crippen LogP contribution in [0.3, 0.4) is 0 Å². The minimum Gasteiger partial charge on any atom is -0.469 e. The summed E-state index contributed by atoms with van der Waals surface area (Å²) in [7, 11) is 1.42. The average Bonchev–Trinajstić information content (AvgIpc) is 3.17. The number of aliphatic hydroxyl groups excluding tert-OH is 2. The molecule has 1 aliphatic heterocycles. The van der Waals surface area contributed by atoms with Crippen molar-refractivity contribution >= 4 is 28.6 Å². The summed E-state index contributed by atoms with van der Waals surface area (Å²) in [5.41, 5.74) is 0. The van der Waals surface area contributed by atoms with Gasteiger partial charge in [-0.05, 0) is 31.6 Å². The van der Waals surface area contributed by atoms with Crippen LogP contribution in [0.2, 0.25) is 0 Å². The van der Waals surface area contributed by atoms with Crippen molar-refractivity contribution < 1.29 is 24.5 Å². The molecule has 0 spiro atoms. The highest BCUT2D eigenvalue weighted by molar-refractivity contribution is 14.1. The zero-order valence-electron chi connectivity index (χ0n) is 16.6. The number of methoxy groups -OCH3 is 1. The van der Waals surface area contributed by atoms with Crippen molar-refractivity contribution in [3.8, 4) is 0 Å². The summed E-state index contributed by atoms with van der Waals surface area (Å²) >= 11 is 2.43. The first-order valence-electron chi connectivity index (χ1n) is 10.4. The van der Waals surface area contributed by atoms with Crippen molar-refractivity contribution in [3.05, 3.63) is 12.2 Å². The Hall–Kier alpha value is -0.180. The molecule has 0 aromatic heterocycles. The number of esters is 1. The molecular formula is C21H35IO5. The summed E-state index contributed by atoms with van der Waals surface area (Å²) in [6.45, 7) is 2.16. The molecule has 0 bridgehead atoms. The molecular weight excluding hydrogens is 459 g/mol. The molecule has 0 aromatic rings. The van der Waals surface area contributed by atoms with Crippen LogP contribution in [0.25, 0.3) is 0 Å². The van der Waals surface area contributed by atoms with E-state index in [2.05, 4.69) is 29.5 Å². The second-order valence-corrected chi connectivity index (χ2v) is 9.53. The van der Waals surface area contributed by atoms with Gasteiger partial charge in [-0.2, -0.15) is 0 Å². The van der Waals surface area contributed by atoms with Crippen molar-refractivity contribution in [3.63, 3.8) is 0 Å². The molecule has 0 amide bonds. The Kier molecular flexibility index (Phi) is 10.0. The van der Waals surface area contributed by atoms with Crippen LogP contribution in [-0.2, 0) is 14.3 Å². The topological polar surface area (TPSA) is 76.0 Å². The third kappa shape index (κ3) is 6.98. The Morgan fingerprint density at radius 3 is 2.78 bits per heavy atom. The largest absolute Gasteiger partial charge is 0.469 e. The van der Waals surface area contributed by atoms with Crippen molar-refractivity contribution in [2.75, 3.05) is 7.11 Å². The minimum absolute atomic E-state index is 0.0690. The van der Waals surface area contributed by atoms with E-state index in [0.29, 0.717) is 22.7 Å². The lowest BCUT2D eigenvalue weighted by atomic mass is 9.89. The van der Waals surface area contributed by atoms with E-state index in [0.717, 1.165) is 44.9 Å². The second kappa shape index (κ2) is 11.7. The number of hydrogen-bond donors (Lipinski definition) is 2. The number of fused-ring (bicyclic) bond motifs is 1. The Balaban J connectivity index is 1.81. The molecule has 27 heavy (non-hydrogen) atoms. The van der Waals surface area contributed by atoms with Crippen molar-refractivity contribution in [2.45, 2.75) is 93.1 Å². The molecule has 1 saturated heterocycles. The lowest BCUT2D eigenvalue weighted by molar-refractivity contribution is -0.140. The van der Waals surface area contributed by atoms with Crippen LogP contribution in [0, 0.1) is 11.8 Å². The highest BCUT2D eigenvalue weighted by Crippen LogP contribution is 2.46. The van der Waals surface area contributed by atoms with E-state index >= 15 is 0 Å². The minimum atomic E-state index is -0.420. The Morgan fingerprint density at radius 2 is 2.07 bits per heavy atom. The van der Waals surface area contributed by atoms with Gasteiger partial charge in [0.15, 0.2) is 0 Å². The zero-order valence-corrected chi connectivity index (χ0v) is 18.7. The summed E-state index contributed by atoms with van der Waals surface area (Å²) in [5.74, 6) is 0.232. The summed E-state index contributed by atoms with van der Waals surface area (Å²) in [5, 5.41) is 20.5. The van der Waals surface area contributed by atoms with Gasteiger partial charge in [0.25, 0.3) is 0 Å². The van der Waals surface area contributed by atoms with E-state index < -0.39 is 6.10 Å². The molecule has 0 aromatic carbocycles. The summed E-state index contributed by atoms with van der Waals surface area (Å²) < 4.78 is 11.3. The molecule has 156 valence electrons. The van der Waals surface area contributed by atoms with Crippen LogP contribution in [-0.4, -0.2) is 51.6 Å². The van der Waals surface area contributed by atoms with Gasteiger partial charge in [0.05, 0.1) is 31.5 Å². The molecule has 7 atom stereocenters. The standard InChI is InChI=1S/C21H35IO5/c1-3-4-5-7-14(23)10-11-15-16-12-20(27-19(16)13-18(15)24)17(22)8-6-9-21(25)26-2/h10-11,14-20,23-24H,3-9,12-13H2,1-2H3/b11-10+/t14?,15-,16-,17-,18-,19+,20-/m1/s1. The van der Waals surface area contributed by atoms with Crippen LogP contribution >= 0.6 is 22.6 Å². The SMILES string of the molecule is CCCCCC(O)/C=C/[C@@H]1[C@H]2C[C@H]([C@H](I)CCCC(=O)OC)O[C@H]2C[C@H]1O. The van der Waals surface area contributed by atoms with Crippen molar-refractivity contribution in [2.24, 2.45) is 11.8 Å². The van der Waals surface area contributed by atoms with Gasteiger partial charge < -0.3 is 19.7 Å². The van der Waals surface area contributed by atoms with Gasteiger partial charge in [0, 0.05) is 22.7 Å². The number of halogens is 1. The molecule has 2 fully saturated rings. The maximum Gasteiger partial charge on any atom is 0.305 e. The van der Waals surface area contributed by atoms with Crippen LogP contribution in [0.5, 0.6) is 0 Å². The smallest absolute Gasteiger partial charge is 0.305 e.